The molecular formula is C30H37Cl2N5O4. The number of fused-ring (bicyclic) bond motifs is 1. The maximum Gasteiger partial charge on any atom is 0.410 e. The summed E-state index contributed by atoms with van der Waals surface area (Å²) in [5, 5.41) is 17.1. The van der Waals surface area contributed by atoms with Gasteiger partial charge in [0.15, 0.2) is 0 Å². The van der Waals surface area contributed by atoms with Crippen molar-refractivity contribution in [1.29, 1.82) is 0 Å². The van der Waals surface area contributed by atoms with Crippen LogP contribution < -0.4 is 4.90 Å². The van der Waals surface area contributed by atoms with E-state index in [1.807, 2.05) is 62.8 Å². The lowest BCUT2D eigenvalue weighted by atomic mass is 10.1. The lowest BCUT2D eigenvalue weighted by molar-refractivity contribution is -0.139. The van der Waals surface area contributed by atoms with Crippen molar-refractivity contribution < 1.29 is 19.4 Å². The summed E-state index contributed by atoms with van der Waals surface area (Å²) < 4.78 is 7.50. The van der Waals surface area contributed by atoms with E-state index in [9.17, 15) is 14.7 Å². The number of aliphatic hydroxyl groups excluding tert-OH is 1. The van der Waals surface area contributed by atoms with Crippen LogP contribution in [0.4, 0.5) is 10.5 Å². The van der Waals surface area contributed by atoms with Crippen molar-refractivity contribution in [3.8, 4) is 0 Å². The molecule has 0 spiro atoms. The summed E-state index contributed by atoms with van der Waals surface area (Å²) in [7, 11) is 0. The number of amides is 2. The van der Waals surface area contributed by atoms with Crippen LogP contribution in [-0.4, -0.2) is 87.2 Å². The summed E-state index contributed by atoms with van der Waals surface area (Å²) in [4.78, 5) is 31.9. The summed E-state index contributed by atoms with van der Waals surface area (Å²) in [6, 6.07) is 10.6. The number of aliphatic hydroxyl groups is 1. The number of carbonyl (C=O) groups excluding carboxylic acids is 2. The maximum absolute atomic E-state index is 13.7. The highest BCUT2D eigenvalue weighted by Crippen LogP contribution is 2.32. The Balaban J connectivity index is 1.33. The van der Waals surface area contributed by atoms with Crippen LogP contribution in [0.25, 0.3) is 10.9 Å². The third-order valence-electron chi connectivity index (χ3n) is 7.87. The van der Waals surface area contributed by atoms with Gasteiger partial charge in [0.1, 0.15) is 11.6 Å². The highest BCUT2D eigenvalue weighted by molar-refractivity contribution is 6.35. The zero-order chi connectivity index (χ0) is 29.5. The maximum atomic E-state index is 13.7. The number of halogens is 2. The zero-order valence-corrected chi connectivity index (χ0v) is 25.4. The van der Waals surface area contributed by atoms with Gasteiger partial charge in [0.05, 0.1) is 30.4 Å². The first-order chi connectivity index (χ1) is 19.5. The third-order valence-corrected chi connectivity index (χ3v) is 8.43. The van der Waals surface area contributed by atoms with Gasteiger partial charge in [-0.2, -0.15) is 5.10 Å². The first-order valence-electron chi connectivity index (χ1n) is 14.0. The molecule has 2 aliphatic heterocycles. The van der Waals surface area contributed by atoms with Gasteiger partial charge in [0, 0.05) is 47.3 Å². The Morgan fingerprint density at radius 1 is 1.10 bits per heavy atom. The van der Waals surface area contributed by atoms with Crippen molar-refractivity contribution >= 4 is 51.8 Å². The summed E-state index contributed by atoms with van der Waals surface area (Å²) in [6.07, 6.45) is 2.70. The van der Waals surface area contributed by atoms with Gasteiger partial charge in [0.2, 0.25) is 5.91 Å². The molecule has 0 bridgehead atoms. The minimum Gasteiger partial charge on any atom is -0.444 e. The molecule has 0 radical (unpaired) electrons. The van der Waals surface area contributed by atoms with Gasteiger partial charge in [-0.3, -0.25) is 14.4 Å². The Morgan fingerprint density at radius 3 is 2.59 bits per heavy atom. The standard InChI is InChI=1S/C30H37Cl2N5O4/c1-19(24-10-8-21(31)14-25(24)32)37-27-15-22(9-7-20(27)16-33-37)34-12-13-35(23(17-34)18-38)28(39)26-6-5-11-36(26)29(40)41-30(2,3)4/h7-10,14-16,19,23,26,38H,5-6,11-13,17-18H2,1-4H3/t19-,23+,26-/m1/s1. The average molecular weight is 603 g/mol. The summed E-state index contributed by atoms with van der Waals surface area (Å²) in [5.41, 5.74) is 2.22. The lowest BCUT2D eigenvalue weighted by Crippen LogP contribution is -2.60. The molecule has 3 atom stereocenters. The van der Waals surface area contributed by atoms with Gasteiger partial charge < -0.3 is 19.6 Å². The highest BCUT2D eigenvalue weighted by Gasteiger charge is 2.41. The van der Waals surface area contributed by atoms with E-state index in [1.54, 1.807) is 11.0 Å². The fourth-order valence-corrected chi connectivity index (χ4v) is 6.36. The molecule has 2 fully saturated rings. The second kappa shape index (κ2) is 11.7. The number of likely N-dealkylation sites (tertiary alicyclic amines) is 1. The fraction of sp³-hybridized carbons (Fsp3) is 0.500. The molecule has 3 heterocycles. The number of carbonyl (C=O) groups is 2. The van der Waals surface area contributed by atoms with Gasteiger partial charge in [-0.05, 0) is 76.4 Å². The van der Waals surface area contributed by atoms with Gasteiger partial charge in [-0.25, -0.2) is 4.79 Å². The topological polar surface area (TPSA) is 91.1 Å². The molecule has 0 unspecified atom stereocenters. The van der Waals surface area contributed by atoms with Crippen LogP contribution >= 0.6 is 23.2 Å². The number of aromatic nitrogens is 2. The normalized spacial score (nSPS) is 20.5. The third kappa shape index (κ3) is 6.12. The van der Waals surface area contributed by atoms with E-state index in [0.29, 0.717) is 42.6 Å². The molecule has 2 saturated heterocycles. The monoisotopic (exact) mass is 601 g/mol. The smallest absolute Gasteiger partial charge is 0.410 e. The largest absolute Gasteiger partial charge is 0.444 e. The molecule has 2 amide bonds. The van der Waals surface area contributed by atoms with Crippen LogP contribution in [0, 0.1) is 0 Å². The zero-order valence-electron chi connectivity index (χ0n) is 23.9. The van der Waals surface area contributed by atoms with Crippen molar-refractivity contribution in [3.05, 3.63) is 58.2 Å². The van der Waals surface area contributed by atoms with Crippen molar-refractivity contribution in [2.75, 3.05) is 37.7 Å². The summed E-state index contributed by atoms with van der Waals surface area (Å²) >= 11 is 12.6. The van der Waals surface area contributed by atoms with Gasteiger partial charge in [-0.15, -0.1) is 0 Å². The molecular weight excluding hydrogens is 565 g/mol. The van der Waals surface area contributed by atoms with E-state index in [1.165, 1.54) is 4.90 Å². The summed E-state index contributed by atoms with van der Waals surface area (Å²) in [5.74, 6) is -0.130. The minimum absolute atomic E-state index is 0.119. The Labute approximate surface area is 250 Å². The van der Waals surface area contributed by atoms with Gasteiger partial charge in [0.25, 0.3) is 0 Å². The van der Waals surface area contributed by atoms with Crippen LogP contribution in [0.2, 0.25) is 10.0 Å². The van der Waals surface area contributed by atoms with Crippen LogP contribution in [0.1, 0.15) is 52.1 Å². The van der Waals surface area contributed by atoms with Crippen molar-refractivity contribution in [1.82, 2.24) is 19.6 Å². The van der Waals surface area contributed by atoms with E-state index in [0.717, 1.165) is 28.6 Å². The molecule has 1 aromatic heterocycles. The fourth-order valence-electron chi connectivity index (χ4n) is 5.79. The number of nitrogens with zero attached hydrogens (tertiary/aromatic N) is 5. The SMILES string of the molecule is C[C@H](c1ccc(Cl)cc1Cl)n1ncc2ccc(N3CCN(C(=O)[C@H]4CCCN4C(=O)OC(C)(C)C)[C@H](CO)C3)cc21. The molecule has 0 saturated carbocycles. The van der Waals surface area contributed by atoms with Crippen LogP contribution in [0.15, 0.2) is 42.6 Å². The van der Waals surface area contributed by atoms with E-state index in [4.69, 9.17) is 27.9 Å². The predicted molar refractivity (Wildman–Crippen MR) is 161 cm³/mol. The van der Waals surface area contributed by atoms with Crippen LogP contribution in [0.5, 0.6) is 0 Å². The number of anilines is 1. The molecule has 41 heavy (non-hydrogen) atoms. The molecule has 9 nitrogen and oxygen atoms in total. The van der Waals surface area contributed by atoms with Gasteiger partial charge >= 0.3 is 6.09 Å². The van der Waals surface area contributed by atoms with Crippen molar-refractivity contribution in [2.45, 2.75) is 64.3 Å². The number of ether oxygens (including phenoxy) is 1. The molecule has 3 aromatic rings. The highest BCUT2D eigenvalue weighted by atomic mass is 35.5. The van der Waals surface area contributed by atoms with Crippen LogP contribution in [0.3, 0.4) is 0 Å². The van der Waals surface area contributed by atoms with E-state index >= 15 is 0 Å². The minimum atomic E-state index is -0.637. The molecule has 2 aromatic carbocycles. The molecule has 1 N–H and O–H groups in total. The number of piperazine rings is 1. The Morgan fingerprint density at radius 2 is 1.88 bits per heavy atom. The van der Waals surface area contributed by atoms with E-state index in [2.05, 4.69) is 16.1 Å². The molecule has 220 valence electrons. The Bertz CT molecular complexity index is 1440. The first kappa shape index (κ1) is 29.5. The number of rotatable bonds is 5. The second-order valence-corrected chi connectivity index (χ2v) is 12.7. The number of benzene rings is 2. The number of hydrogen-bond acceptors (Lipinski definition) is 6. The van der Waals surface area contributed by atoms with Crippen molar-refractivity contribution in [2.24, 2.45) is 0 Å². The van der Waals surface area contributed by atoms with Crippen LogP contribution in [-0.2, 0) is 9.53 Å². The second-order valence-electron chi connectivity index (χ2n) is 11.8. The average Bonchev–Trinajstić information content (AvgIpc) is 3.58. The Hall–Kier alpha value is -3.01. The van der Waals surface area contributed by atoms with Crippen molar-refractivity contribution in [3.63, 3.8) is 0 Å². The lowest BCUT2D eigenvalue weighted by Gasteiger charge is -2.43. The quantitative estimate of drug-likeness (QED) is 0.423. The van der Waals surface area contributed by atoms with E-state index in [-0.39, 0.29) is 18.6 Å². The first-order valence-corrected chi connectivity index (χ1v) is 14.8. The van der Waals surface area contributed by atoms with E-state index < -0.39 is 23.8 Å². The number of hydrogen-bond donors (Lipinski definition) is 1. The molecule has 2 aliphatic rings. The molecule has 5 rings (SSSR count). The molecule has 11 heteroatoms. The molecule has 0 aliphatic carbocycles. The predicted octanol–water partition coefficient (Wildman–Crippen LogP) is 5.36. The Kier molecular flexibility index (Phi) is 8.41. The van der Waals surface area contributed by atoms with Gasteiger partial charge in [-0.1, -0.05) is 29.3 Å². The summed E-state index contributed by atoms with van der Waals surface area (Å²) in [6.45, 7) is 9.32.